The molecule has 0 aliphatic heterocycles. The molecule has 0 bridgehead atoms. The molecule has 1 aromatic carbocycles. The van der Waals surface area contributed by atoms with Gasteiger partial charge in [-0.15, -0.1) is 0 Å². The lowest BCUT2D eigenvalue weighted by molar-refractivity contribution is -0.196. The summed E-state index contributed by atoms with van der Waals surface area (Å²) in [7, 11) is 0. The van der Waals surface area contributed by atoms with Crippen LogP contribution in [0.4, 0.5) is 0 Å². The summed E-state index contributed by atoms with van der Waals surface area (Å²) < 4.78 is 5.96. The van der Waals surface area contributed by atoms with Crippen LogP contribution in [0.15, 0.2) is 24.0 Å². The first kappa shape index (κ1) is 29.5. The zero-order valence-electron chi connectivity index (χ0n) is 19.3. The molecule has 10 nitrogen and oxygen atoms in total. The van der Waals surface area contributed by atoms with Gasteiger partial charge in [0.25, 0.3) is 0 Å². The van der Waals surface area contributed by atoms with E-state index in [1.54, 1.807) is 0 Å². The van der Waals surface area contributed by atoms with Gasteiger partial charge in [-0.05, 0) is 38.3 Å². The number of aliphatic carboxylic acids is 1. The average molecular weight is 461 g/mol. The quantitative estimate of drug-likeness (QED) is 0.170. The summed E-state index contributed by atoms with van der Waals surface area (Å²) in [6.45, 7) is 10.7. The van der Waals surface area contributed by atoms with Gasteiger partial charge in [0.2, 0.25) is 5.76 Å². The van der Waals surface area contributed by atoms with Crippen LogP contribution in [0.25, 0.3) is 5.76 Å². The second-order valence-corrected chi connectivity index (χ2v) is 9.49. The van der Waals surface area contributed by atoms with E-state index < -0.39 is 46.1 Å². The van der Waals surface area contributed by atoms with Crippen molar-refractivity contribution in [2.45, 2.75) is 53.2 Å². The molecule has 0 aliphatic rings. The number of aromatic hydroxyl groups is 2. The minimum atomic E-state index is -1.74. The van der Waals surface area contributed by atoms with E-state index >= 15 is 0 Å². The fourth-order valence-corrected chi connectivity index (χ4v) is 2.92. The first-order valence-electron chi connectivity index (χ1n) is 9.84. The predicted molar refractivity (Wildman–Crippen MR) is 117 cm³/mol. The van der Waals surface area contributed by atoms with Gasteiger partial charge >= 0.3 is 5.97 Å². The number of carboxylic acids is 1. The molecule has 8 N–H and O–H groups in total. The second kappa shape index (κ2) is 11.4. The minimum Gasteiger partial charge on any atom is -0.504 e. The Morgan fingerprint density at radius 2 is 1.38 bits per heavy atom. The van der Waals surface area contributed by atoms with Gasteiger partial charge in [0.15, 0.2) is 17.3 Å². The highest BCUT2D eigenvalue weighted by molar-refractivity contribution is 5.92. The predicted octanol–water partition coefficient (Wildman–Crippen LogP) is 2.15. The monoisotopic (exact) mass is 460 g/mol. The summed E-state index contributed by atoms with van der Waals surface area (Å²) in [6, 6.07) is 3.56. The van der Waals surface area contributed by atoms with Crippen LogP contribution in [-0.4, -0.2) is 78.3 Å². The first-order valence-corrected chi connectivity index (χ1v) is 9.84. The van der Waals surface area contributed by atoms with Crippen molar-refractivity contribution in [2.75, 3.05) is 19.8 Å². The lowest BCUT2D eigenvalue weighted by Gasteiger charge is -2.46. The number of carbonyl (C=O) groups is 1. The number of hydrogen-bond acceptors (Lipinski definition) is 9. The SMILES string of the molecule is CC(C)(C)OC(C(C)(C)C)C(CO)(CO)CO.O=C(O)C(O)=C(O)c1cccc(O)c1O. The summed E-state index contributed by atoms with van der Waals surface area (Å²) in [5.74, 6) is -5.30. The standard InChI is InChI=1S/C13H28O4.C9H8O6/c1-11(2,3)10(17-12(4,5)6)13(7-14,8-15)9-16;10-5-3-1-2-4(6(5)11)7(12)8(13)9(14)15/h10,14-16H,7-9H2,1-6H3;1-3,10-13H,(H,14,15). The molecule has 184 valence electrons. The highest BCUT2D eigenvalue weighted by Gasteiger charge is 2.46. The molecule has 32 heavy (non-hydrogen) atoms. The highest BCUT2D eigenvalue weighted by Crippen LogP contribution is 2.38. The number of ether oxygens (including phenoxy) is 1. The number of phenols is 2. The minimum absolute atomic E-state index is 0.290. The van der Waals surface area contributed by atoms with E-state index in [9.17, 15) is 30.3 Å². The van der Waals surface area contributed by atoms with Gasteiger partial charge in [-0.3, -0.25) is 0 Å². The van der Waals surface area contributed by atoms with Crippen molar-refractivity contribution in [3.05, 3.63) is 29.5 Å². The van der Waals surface area contributed by atoms with Crippen molar-refractivity contribution >= 4 is 11.7 Å². The Hall–Kier alpha value is -2.53. The summed E-state index contributed by atoms with van der Waals surface area (Å²) in [4.78, 5) is 10.3. The highest BCUT2D eigenvalue weighted by atomic mass is 16.5. The molecule has 0 saturated heterocycles. The number of carboxylic acid groups (broad SMARTS) is 1. The molecule has 0 aromatic heterocycles. The van der Waals surface area contributed by atoms with Crippen LogP contribution < -0.4 is 0 Å². The van der Waals surface area contributed by atoms with Crippen LogP contribution in [0.3, 0.4) is 0 Å². The normalized spacial score (nSPS) is 14.2. The van der Waals surface area contributed by atoms with Crippen LogP contribution in [-0.2, 0) is 9.53 Å². The van der Waals surface area contributed by atoms with E-state index in [0.717, 1.165) is 12.1 Å². The number of para-hydroxylation sites is 1. The third-order valence-electron chi connectivity index (χ3n) is 4.46. The molecule has 1 aromatic rings. The summed E-state index contributed by atoms with van der Waals surface area (Å²) in [5, 5.41) is 73.3. The molecule has 1 atom stereocenters. The average Bonchev–Trinajstić information content (AvgIpc) is 2.68. The molecule has 0 amide bonds. The maximum Gasteiger partial charge on any atom is 0.374 e. The number of phenolic OH excluding ortho intramolecular Hbond substituents is 2. The third-order valence-corrected chi connectivity index (χ3v) is 4.46. The Labute approximate surface area is 187 Å². The van der Waals surface area contributed by atoms with E-state index in [-0.39, 0.29) is 30.8 Å². The molecule has 1 unspecified atom stereocenters. The van der Waals surface area contributed by atoms with Crippen molar-refractivity contribution in [1.82, 2.24) is 0 Å². The van der Waals surface area contributed by atoms with Crippen molar-refractivity contribution < 1.29 is 50.4 Å². The Kier molecular flexibility index (Phi) is 10.5. The van der Waals surface area contributed by atoms with E-state index in [1.807, 2.05) is 41.5 Å². The lowest BCUT2D eigenvalue weighted by atomic mass is 9.71. The molecular weight excluding hydrogens is 424 g/mol. The Bertz CT molecular complexity index is 775. The molecule has 1 rings (SSSR count). The van der Waals surface area contributed by atoms with E-state index in [4.69, 9.17) is 20.1 Å². The van der Waals surface area contributed by atoms with E-state index in [1.165, 1.54) is 6.07 Å². The zero-order valence-corrected chi connectivity index (χ0v) is 19.3. The second-order valence-electron chi connectivity index (χ2n) is 9.49. The summed E-state index contributed by atoms with van der Waals surface area (Å²) >= 11 is 0. The van der Waals surface area contributed by atoms with Crippen LogP contribution in [0.2, 0.25) is 0 Å². The molecule has 0 heterocycles. The fraction of sp³-hybridized carbons (Fsp3) is 0.591. The number of benzene rings is 1. The third kappa shape index (κ3) is 7.86. The smallest absolute Gasteiger partial charge is 0.374 e. The molecule has 0 saturated carbocycles. The number of aliphatic hydroxyl groups is 5. The van der Waals surface area contributed by atoms with Gasteiger partial charge in [0, 0.05) is 0 Å². The molecule has 0 spiro atoms. The van der Waals surface area contributed by atoms with Gasteiger partial charge in [-0.25, -0.2) is 4.79 Å². The van der Waals surface area contributed by atoms with E-state index in [0.29, 0.717) is 0 Å². The first-order chi connectivity index (χ1) is 14.5. The van der Waals surface area contributed by atoms with Crippen molar-refractivity contribution in [2.24, 2.45) is 10.8 Å². The topological polar surface area (TPSA) is 188 Å². The van der Waals surface area contributed by atoms with Crippen molar-refractivity contribution in [3.8, 4) is 11.5 Å². The Morgan fingerprint density at radius 3 is 1.72 bits per heavy atom. The van der Waals surface area contributed by atoms with Gasteiger partial charge in [0.05, 0.1) is 42.5 Å². The van der Waals surface area contributed by atoms with Gasteiger partial charge in [0.1, 0.15) is 0 Å². The lowest BCUT2D eigenvalue weighted by Crippen LogP contribution is -2.54. The maximum atomic E-state index is 10.3. The van der Waals surface area contributed by atoms with Gasteiger partial charge in [-0.2, -0.15) is 0 Å². The van der Waals surface area contributed by atoms with Crippen LogP contribution >= 0.6 is 0 Å². The fourth-order valence-electron chi connectivity index (χ4n) is 2.92. The Morgan fingerprint density at radius 1 is 0.906 bits per heavy atom. The maximum absolute atomic E-state index is 10.3. The molecule has 10 heteroatoms. The largest absolute Gasteiger partial charge is 0.504 e. The number of rotatable bonds is 7. The summed E-state index contributed by atoms with van der Waals surface area (Å²) in [5.41, 5.74) is -2.08. The number of aliphatic hydroxyl groups excluding tert-OH is 5. The van der Waals surface area contributed by atoms with Crippen LogP contribution in [0.5, 0.6) is 11.5 Å². The molecule has 0 fully saturated rings. The zero-order chi connectivity index (χ0) is 25.5. The van der Waals surface area contributed by atoms with E-state index in [2.05, 4.69) is 0 Å². The molecule has 0 aliphatic carbocycles. The molecule has 0 radical (unpaired) electrons. The van der Waals surface area contributed by atoms with Crippen molar-refractivity contribution in [3.63, 3.8) is 0 Å². The molecular formula is C22H36O10. The Balaban J connectivity index is 0.000000604. The van der Waals surface area contributed by atoms with Crippen LogP contribution in [0.1, 0.15) is 47.1 Å². The number of hydrogen-bond donors (Lipinski definition) is 8. The summed E-state index contributed by atoms with van der Waals surface area (Å²) in [6.07, 6.45) is -0.435. The van der Waals surface area contributed by atoms with Gasteiger partial charge < -0.3 is 45.6 Å². The van der Waals surface area contributed by atoms with Gasteiger partial charge in [-0.1, -0.05) is 26.8 Å². The van der Waals surface area contributed by atoms with Crippen molar-refractivity contribution in [1.29, 1.82) is 0 Å². The van der Waals surface area contributed by atoms with Crippen LogP contribution in [0, 0.1) is 10.8 Å².